The highest BCUT2D eigenvalue weighted by atomic mass is 35.5. The van der Waals surface area contributed by atoms with Crippen molar-refractivity contribution in [1.29, 1.82) is 0 Å². The Balaban J connectivity index is 1.65. The highest BCUT2D eigenvalue weighted by Gasteiger charge is 2.20. The van der Waals surface area contributed by atoms with Crippen LogP contribution in [0.2, 0.25) is 5.02 Å². The highest BCUT2D eigenvalue weighted by molar-refractivity contribution is 7.99. The number of hydrogen-bond donors (Lipinski definition) is 0. The van der Waals surface area contributed by atoms with Crippen LogP contribution in [0.3, 0.4) is 0 Å². The summed E-state index contributed by atoms with van der Waals surface area (Å²) in [5, 5.41) is 9.82. The molecule has 0 bridgehead atoms. The molecule has 0 spiro atoms. The van der Waals surface area contributed by atoms with Crippen LogP contribution in [0.5, 0.6) is 0 Å². The zero-order chi connectivity index (χ0) is 19.5. The lowest BCUT2D eigenvalue weighted by Crippen LogP contribution is -1.96. The van der Waals surface area contributed by atoms with E-state index in [1.54, 1.807) is 11.8 Å². The molecule has 3 nitrogen and oxygen atoms in total. The average Bonchev–Trinajstić information content (AvgIpc) is 3.18. The third-order valence-corrected chi connectivity index (χ3v) is 6.05. The van der Waals surface area contributed by atoms with Gasteiger partial charge in [-0.05, 0) is 60.4 Å². The van der Waals surface area contributed by atoms with Gasteiger partial charge in [-0.3, -0.25) is 0 Å². The zero-order valence-corrected chi connectivity index (χ0v) is 17.2. The van der Waals surface area contributed by atoms with Crippen molar-refractivity contribution in [2.75, 3.05) is 0 Å². The van der Waals surface area contributed by atoms with E-state index in [-0.39, 0.29) is 5.25 Å². The van der Waals surface area contributed by atoms with Gasteiger partial charge in [0.1, 0.15) is 0 Å². The predicted octanol–water partition coefficient (Wildman–Crippen LogP) is 6.89. The van der Waals surface area contributed by atoms with Gasteiger partial charge < -0.3 is 4.42 Å². The number of benzene rings is 3. The first-order chi connectivity index (χ1) is 13.6. The Hall–Kier alpha value is -2.56. The van der Waals surface area contributed by atoms with Crippen LogP contribution in [-0.2, 0) is 0 Å². The van der Waals surface area contributed by atoms with Crippen LogP contribution >= 0.6 is 23.4 Å². The van der Waals surface area contributed by atoms with Gasteiger partial charge in [0.05, 0.1) is 5.25 Å². The van der Waals surface area contributed by atoms with Crippen LogP contribution in [0.4, 0.5) is 0 Å². The first-order valence-corrected chi connectivity index (χ1v) is 10.2. The molecule has 0 aliphatic heterocycles. The monoisotopic (exact) mass is 406 g/mol. The van der Waals surface area contributed by atoms with Crippen LogP contribution in [0.25, 0.3) is 11.5 Å². The fourth-order valence-corrected chi connectivity index (χ4v) is 4.07. The molecule has 4 rings (SSSR count). The van der Waals surface area contributed by atoms with Gasteiger partial charge >= 0.3 is 0 Å². The molecule has 0 saturated heterocycles. The molecule has 1 aromatic heterocycles. The van der Waals surface area contributed by atoms with Crippen molar-refractivity contribution in [1.82, 2.24) is 10.2 Å². The zero-order valence-electron chi connectivity index (χ0n) is 15.6. The first kappa shape index (κ1) is 18.8. The minimum Gasteiger partial charge on any atom is -0.411 e. The lowest BCUT2D eigenvalue weighted by Gasteiger charge is -2.15. The van der Waals surface area contributed by atoms with Crippen LogP contribution < -0.4 is 0 Å². The minimum atomic E-state index is 0.0338. The summed E-state index contributed by atoms with van der Waals surface area (Å²) in [6, 6.07) is 24.3. The van der Waals surface area contributed by atoms with E-state index in [1.807, 2.05) is 48.5 Å². The van der Waals surface area contributed by atoms with Crippen molar-refractivity contribution >= 4 is 23.4 Å². The molecule has 0 aliphatic carbocycles. The molecule has 1 heterocycles. The molecule has 3 aromatic carbocycles. The fourth-order valence-electron chi connectivity index (χ4n) is 2.94. The quantitative estimate of drug-likeness (QED) is 0.338. The summed E-state index contributed by atoms with van der Waals surface area (Å²) in [7, 11) is 0. The number of nitrogens with zero attached hydrogens (tertiary/aromatic N) is 2. The van der Waals surface area contributed by atoms with E-state index in [4.69, 9.17) is 16.0 Å². The maximum Gasteiger partial charge on any atom is 0.277 e. The average molecular weight is 407 g/mol. The number of halogens is 1. The van der Waals surface area contributed by atoms with Crippen LogP contribution in [0, 0.1) is 13.8 Å². The fraction of sp³-hybridized carbons (Fsp3) is 0.130. The molecule has 0 N–H and O–H groups in total. The predicted molar refractivity (Wildman–Crippen MR) is 115 cm³/mol. The molecule has 140 valence electrons. The van der Waals surface area contributed by atoms with Crippen molar-refractivity contribution in [2.24, 2.45) is 0 Å². The lowest BCUT2D eigenvalue weighted by atomic mass is 10.0. The summed E-state index contributed by atoms with van der Waals surface area (Å²) >= 11 is 7.61. The molecular weight excluding hydrogens is 388 g/mol. The topological polar surface area (TPSA) is 38.9 Å². The molecule has 0 unspecified atom stereocenters. The number of hydrogen-bond acceptors (Lipinski definition) is 4. The van der Waals surface area contributed by atoms with Crippen molar-refractivity contribution in [3.05, 3.63) is 100 Å². The lowest BCUT2D eigenvalue weighted by molar-refractivity contribution is 0.465. The third kappa shape index (κ3) is 4.13. The Morgan fingerprint density at radius 1 is 0.821 bits per heavy atom. The van der Waals surface area contributed by atoms with Crippen molar-refractivity contribution in [3.63, 3.8) is 0 Å². The van der Waals surface area contributed by atoms with Gasteiger partial charge in [-0.15, -0.1) is 10.2 Å². The number of thioether (sulfide) groups is 1. The number of aromatic nitrogens is 2. The van der Waals surface area contributed by atoms with E-state index >= 15 is 0 Å². The Morgan fingerprint density at radius 2 is 1.54 bits per heavy atom. The molecule has 5 heteroatoms. The Morgan fingerprint density at radius 3 is 2.25 bits per heavy atom. The van der Waals surface area contributed by atoms with Crippen molar-refractivity contribution in [2.45, 2.75) is 24.3 Å². The molecule has 4 aromatic rings. The van der Waals surface area contributed by atoms with Gasteiger partial charge in [0.15, 0.2) is 0 Å². The highest BCUT2D eigenvalue weighted by Crippen LogP contribution is 2.40. The molecular formula is C23H19ClN2OS. The molecule has 0 radical (unpaired) electrons. The normalized spacial score (nSPS) is 12.1. The number of rotatable bonds is 5. The van der Waals surface area contributed by atoms with Gasteiger partial charge in [-0.1, -0.05) is 71.9 Å². The van der Waals surface area contributed by atoms with Gasteiger partial charge in [0, 0.05) is 10.6 Å². The molecule has 1 atom stereocenters. The van der Waals surface area contributed by atoms with E-state index in [1.165, 1.54) is 16.7 Å². The summed E-state index contributed by atoms with van der Waals surface area (Å²) in [5.74, 6) is 0.536. The van der Waals surface area contributed by atoms with Gasteiger partial charge in [0.25, 0.3) is 5.22 Å². The van der Waals surface area contributed by atoms with E-state index in [2.05, 4.69) is 48.3 Å². The molecule has 0 fully saturated rings. The first-order valence-electron chi connectivity index (χ1n) is 8.98. The van der Waals surface area contributed by atoms with Crippen LogP contribution in [0.15, 0.2) is 82.4 Å². The van der Waals surface area contributed by atoms with Gasteiger partial charge in [-0.25, -0.2) is 0 Å². The second-order valence-corrected chi connectivity index (χ2v) is 8.13. The summed E-state index contributed by atoms with van der Waals surface area (Å²) in [4.78, 5) is 0. The second-order valence-electron chi connectivity index (χ2n) is 6.63. The summed E-state index contributed by atoms with van der Waals surface area (Å²) < 4.78 is 5.98. The summed E-state index contributed by atoms with van der Waals surface area (Å²) in [5.41, 5.74) is 5.68. The van der Waals surface area contributed by atoms with E-state index in [0.717, 1.165) is 16.1 Å². The molecule has 0 saturated carbocycles. The minimum absolute atomic E-state index is 0.0338. The SMILES string of the molecule is Cc1ccc(-c2nnc(S[C@@H](c3ccccc3)c3ccc(Cl)cc3)o2)cc1C. The van der Waals surface area contributed by atoms with E-state index in [0.29, 0.717) is 11.1 Å². The molecule has 0 amide bonds. The van der Waals surface area contributed by atoms with Crippen LogP contribution in [0.1, 0.15) is 27.5 Å². The summed E-state index contributed by atoms with van der Waals surface area (Å²) in [6.07, 6.45) is 0. The molecule has 0 aliphatic rings. The van der Waals surface area contributed by atoms with Crippen LogP contribution in [-0.4, -0.2) is 10.2 Å². The van der Waals surface area contributed by atoms with Gasteiger partial charge in [0.2, 0.25) is 5.89 Å². The number of aryl methyl sites for hydroxylation is 2. The van der Waals surface area contributed by atoms with Gasteiger partial charge in [-0.2, -0.15) is 0 Å². The Kier molecular flexibility index (Phi) is 5.51. The Bertz CT molecular complexity index is 1080. The van der Waals surface area contributed by atoms with Crippen molar-refractivity contribution in [3.8, 4) is 11.5 Å². The standard InChI is InChI=1S/C23H19ClN2OS/c1-15-8-9-19(14-16(15)2)22-25-26-23(27-22)28-21(17-6-4-3-5-7-17)18-10-12-20(24)13-11-18/h3-14,21H,1-2H3/t21-/m0/s1. The largest absolute Gasteiger partial charge is 0.411 e. The van der Waals surface area contributed by atoms with E-state index in [9.17, 15) is 0 Å². The third-order valence-electron chi connectivity index (χ3n) is 4.65. The molecule has 28 heavy (non-hydrogen) atoms. The maximum atomic E-state index is 6.07. The Labute approximate surface area is 173 Å². The second kappa shape index (κ2) is 8.21. The van der Waals surface area contributed by atoms with Crippen molar-refractivity contribution < 1.29 is 4.42 Å². The maximum absolute atomic E-state index is 6.07. The van der Waals surface area contributed by atoms with E-state index < -0.39 is 0 Å². The summed E-state index contributed by atoms with van der Waals surface area (Å²) in [6.45, 7) is 4.17. The smallest absolute Gasteiger partial charge is 0.277 e.